The lowest BCUT2D eigenvalue weighted by atomic mass is 9.99. The molecule has 0 bridgehead atoms. The number of unbranched alkanes of at least 4 members (excludes halogenated alkanes) is 4. The lowest BCUT2D eigenvalue weighted by Crippen LogP contribution is -1.98. The minimum absolute atomic E-state index is 0.0209. The van der Waals surface area contributed by atoms with Gasteiger partial charge in [0.2, 0.25) is 0 Å². The molecule has 0 aliphatic carbocycles. The molecule has 0 radical (unpaired) electrons. The number of hydrogen-bond donors (Lipinski definition) is 0. The van der Waals surface area contributed by atoms with Gasteiger partial charge in [-0.2, -0.15) is 0 Å². The summed E-state index contributed by atoms with van der Waals surface area (Å²) in [7, 11) is 0. The predicted octanol–water partition coefficient (Wildman–Crippen LogP) is 6.59. The monoisotopic (exact) mass is 320 g/mol. The van der Waals surface area contributed by atoms with E-state index in [1.165, 1.54) is 32.6 Å². The quantitative estimate of drug-likeness (QED) is 0.398. The average molecular weight is 320 g/mol. The fourth-order valence-electron chi connectivity index (χ4n) is 2.75. The smallest absolute Gasteiger partial charge is 0.169 e. The standard InChI is InChI=1S/C20H23F3/c1-3-4-5-6-7-8-15-9-11-16(12-10-15)18-17(21)13-14(2)19(22)20(18)23/h9-13H,3-8H2,1-2H3. The van der Waals surface area contributed by atoms with Crippen LogP contribution >= 0.6 is 0 Å². The molecule has 0 unspecified atom stereocenters. The summed E-state index contributed by atoms with van der Waals surface area (Å²) in [6, 6.07) is 8.10. The van der Waals surface area contributed by atoms with Crippen molar-refractivity contribution in [3.05, 3.63) is 58.9 Å². The highest BCUT2D eigenvalue weighted by Gasteiger charge is 2.18. The van der Waals surface area contributed by atoms with Gasteiger partial charge < -0.3 is 0 Å². The lowest BCUT2D eigenvalue weighted by molar-refractivity contribution is 0.493. The third-order valence-corrected chi connectivity index (χ3v) is 4.15. The number of hydrogen-bond acceptors (Lipinski definition) is 0. The molecule has 0 N–H and O–H groups in total. The second-order valence-corrected chi connectivity index (χ2v) is 6.04. The molecule has 0 fully saturated rings. The van der Waals surface area contributed by atoms with Crippen molar-refractivity contribution in [2.75, 3.05) is 0 Å². The largest absolute Gasteiger partial charge is 0.206 e. The normalized spacial score (nSPS) is 11.0. The van der Waals surface area contributed by atoms with Crippen molar-refractivity contribution in [2.45, 2.75) is 52.4 Å². The Hall–Kier alpha value is -1.77. The van der Waals surface area contributed by atoms with Gasteiger partial charge in [-0.3, -0.25) is 0 Å². The molecule has 2 aromatic rings. The molecular formula is C20H23F3. The van der Waals surface area contributed by atoms with Gasteiger partial charge in [-0.1, -0.05) is 56.9 Å². The first kappa shape index (κ1) is 17.6. The van der Waals surface area contributed by atoms with Crippen molar-refractivity contribution in [3.63, 3.8) is 0 Å². The summed E-state index contributed by atoms with van der Waals surface area (Å²) in [4.78, 5) is 0. The number of halogens is 3. The Morgan fingerprint density at radius 2 is 1.48 bits per heavy atom. The number of benzene rings is 2. The maximum absolute atomic E-state index is 14.0. The van der Waals surface area contributed by atoms with E-state index in [0.29, 0.717) is 5.56 Å². The fourth-order valence-corrected chi connectivity index (χ4v) is 2.75. The molecule has 0 saturated heterocycles. The van der Waals surface area contributed by atoms with Crippen LogP contribution in [0.3, 0.4) is 0 Å². The first-order valence-electron chi connectivity index (χ1n) is 8.28. The topological polar surface area (TPSA) is 0 Å². The highest BCUT2D eigenvalue weighted by Crippen LogP contribution is 2.29. The molecule has 0 nitrogen and oxygen atoms in total. The van der Waals surface area contributed by atoms with Crippen LogP contribution in [0, 0.1) is 24.4 Å². The maximum Gasteiger partial charge on any atom is 0.169 e. The zero-order valence-corrected chi connectivity index (χ0v) is 13.8. The lowest BCUT2D eigenvalue weighted by Gasteiger charge is -2.09. The molecule has 0 aliphatic heterocycles. The van der Waals surface area contributed by atoms with E-state index in [1.54, 1.807) is 12.1 Å². The maximum atomic E-state index is 14.0. The third-order valence-electron chi connectivity index (χ3n) is 4.15. The van der Waals surface area contributed by atoms with Crippen molar-refractivity contribution in [3.8, 4) is 11.1 Å². The molecule has 0 amide bonds. The third kappa shape index (κ3) is 4.37. The Kier molecular flexibility index (Phi) is 6.26. The Balaban J connectivity index is 2.10. The second-order valence-electron chi connectivity index (χ2n) is 6.04. The van der Waals surface area contributed by atoms with Gasteiger partial charge in [-0.25, -0.2) is 13.2 Å². The van der Waals surface area contributed by atoms with Crippen molar-refractivity contribution >= 4 is 0 Å². The van der Waals surface area contributed by atoms with Crippen LogP contribution in [0.15, 0.2) is 30.3 Å². The molecule has 0 aromatic heterocycles. The van der Waals surface area contributed by atoms with E-state index in [-0.39, 0.29) is 11.1 Å². The van der Waals surface area contributed by atoms with E-state index in [0.717, 1.165) is 24.5 Å². The molecule has 0 heterocycles. The summed E-state index contributed by atoms with van der Waals surface area (Å²) in [6.07, 6.45) is 6.99. The number of rotatable bonds is 7. The van der Waals surface area contributed by atoms with Gasteiger partial charge >= 0.3 is 0 Å². The highest BCUT2D eigenvalue weighted by atomic mass is 19.2. The van der Waals surface area contributed by atoms with Gasteiger partial charge in [0.1, 0.15) is 5.82 Å². The van der Waals surface area contributed by atoms with Gasteiger partial charge in [-0.05, 0) is 42.5 Å². The van der Waals surface area contributed by atoms with E-state index >= 15 is 0 Å². The Morgan fingerprint density at radius 1 is 0.826 bits per heavy atom. The van der Waals surface area contributed by atoms with Gasteiger partial charge in [-0.15, -0.1) is 0 Å². The molecule has 3 heteroatoms. The van der Waals surface area contributed by atoms with E-state index in [4.69, 9.17) is 0 Å². The van der Waals surface area contributed by atoms with Crippen LogP contribution in [0.25, 0.3) is 11.1 Å². The zero-order valence-electron chi connectivity index (χ0n) is 13.8. The second kappa shape index (κ2) is 8.19. The first-order valence-corrected chi connectivity index (χ1v) is 8.28. The van der Waals surface area contributed by atoms with Crippen LogP contribution < -0.4 is 0 Å². The minimum atomic E-state index is -1.12. The number of aryl methyl sites for hydroxylation is 2. The van der Waals surface area contributed by atoms with E-state index in [1.807, 2.05) is 12.1 Å². The molecule has 2 rings (SSSR count). The molecular weight excluding hydrogens is 297 g/mol. The summed E-state index contributed by atoms with van der Waals surface area (Å²) in [5.41, 5.74) is 1.20. The first-order chi connectivity index (χ1) is 11.0. The molecule has 23 heavy (non-hydrogen) atoms. The Morgan fingerprint density at radius 3 is 2.13 bits per heavy atom. The molecule has 124 valence electrons. The van der Waals surface area contributed by atoms with Crippen LogP contribution in [0.4, 0.5) is 13.2 Å². The van der Waals surface area contributed by atoms with Gasteiger partial charge in [0.25, 0.3) is 0 Å². The predicted molar refractivity (Wildman–Crippen MR) is 89.0 cm³/mol. The van der Waals surface area contributed by atoms with E-state index < -0.39 is 17.5 Å². The van der Waals surface area contributed by atoms with Crippen molar-refractivity contribution in [2.24, 2.45) is 0 Å². The SMILES string of the molecule is CCCCCCCc1ccc(-c2c(F)cc(C)c(F)c2F)cc1. The minimum Gasteiger partial charge on any atom is -0.206 e. The van der Waals surface area contributed by atoms with Gasteiger partial charge in [0, 0.05) is 0 Å². The highest BCUT2D eigenvalue weighted by molar-refractivity contribution is 5.65. The van der Waals surface area contributed by atoms with Crippen molar-refractivity contribution in [1.82, 2.24) is 0 Å². The van der Waals surface area contributed by atoms with Crippen LogP contribution in [-0.4, -0.2) is 0 Å². The van der Waals surface area contributed by atoms with Crippen LogP contribution in [-0.2, 0) is 6.42 Å². The summed E-state index contributed by atoms with van der Waals surface area (Å²) < 4.78 is 41.7. The average Bonchev–Trinajstić information content (AvgIpc) is 2.54. The summed E-state index contributed by atoms with van der Waals surface area (Å²) in [6.45, 7) is 3.54. The molecule has 0 spiro atoms. The molecule has 0 saturated carbocycles. The fraction of sp³-hybridized carbons (Fsp3) is 0.400. The summed E-state index contributed by atoms with van der Waals surface area (Å²) in [5.74, 6) is -2.83. The summed E-state index contributed by atoms with van der Waals surface area (Å²) in [5, 5.41) is 0. The van der Waals surface area contributed by atoms with Crippen molar-refractivity contribution < 1.29 is 13.2 Å². The van der Waals surface area contributed by atoms with Crippen LogP contribution in [0.1, 0.15) is 50.2 Å². The van der Waals surface area contributed by atoms with Gasteiger partial charge in [0.05, 0.1) is 5.56 Å². The van der Waals surface area contributed by atoms with Crippen LogP contribution in [0.2, 0.25) is 0 Å². The van der Waals surface area contributed by atoms with Gasteiger partial charge in [0.15, 0.2) is 11.6 Å². The Labute approximate surface area is 136 Å². The Bertz CT molecular complexity index is 645. The van der Waals surface area contributed by atoms with E-state index in [2.05, 4.69) is 6.92 Å². The molecule has 0 aliphatic rings. The van der Waals surface area contributed by atoms with E-state index in [9.17, 15) is 13.2 Å². The van der Waals surface area contributed by atoms with Crippen molar-refractivity contribution in [1.29, 1.82) is 0 Å². The molecule has 2 aromatic carbocycles. The molecule has 0 atom stereocenters. The van der Waals surface area contributed by atoms with Crippen LogP contribution in [0.5, 0.6) is 0 Å². The summed E-state index contributed by atoms with van der Waals surface area (Å²) >= 11 is 0. The zero-order chi connectivity index (χ0) is 16.8.